The average Bonchev–Trinajstić information content (AvgIpc) is 2.92. The molecule has 128 valence electrons. The van der Waals surface area contributed by atoms with E-state index in [1.165, 1.54) is 0 Å². The molecule has 4 nitrogen and oxygen atoms in total. The minimum Gasteiger partial charge on any atom is -0.492 e. The Hall–Kier alpha value is -1.44. The van der Waals surface area contributed by atoms with Crippen molar-refractivity contribution >= 4 is 65.7 Å². The highest BCUT2D eigenvalue weighted by Crippen LogP contribution is 2.35. The van der Waals surface area contributed by atoms with Crippen molar-refractivity contribution in [2.24, 2.45) is 4.99 Å². The average molecular weight is 530 g/mol. The molecule has 1 heterocycles. The van der Waals surface area contributed by atoms with E-state index in [0.717, 1.165) is 30.3 Å². The summed E-state index contributed by atoms with van der Waals surface area (Å²) in [4.78, 5) is 16.4. The van der Waals surface area contributed by atoms with Gasteiger partial charge in [0.1, 0.15) is 5.75 Å². The lowest BCUT2D eigenvalue weighted by atomic mass is 10.2. The number of halogens is 3. The molecule has 2 aromatic rings. The Morgan fingerprint density at radius 3 is 2.52 bits per heavy atom. The second kappa shape index (κ2) is 7.85. The smallest absolute Gasteiger partial charge is 0.363 e. The van der Waals surface area contributed by atoms with Crippen molar-refractivity contribution in [1.29, 1.82) is 0 Å². The monoisotopic (exact) mass is 527 g/mol. The largest absolute Gasteiger partial charge is 0.492 e. The van der Waals surface area contributed by atoms with Gasteiger partial charge in [0.25, 0.3) is 0 Å². The van der Waals surface area contributed by atoms with Crippen LogP contribution < -0.4 is 4.74 Å². The van der Waals surface area contributed by atoms with Crippen LogP contribution in [0, 0.1) is 0 Å². The summed E-state index contributed by atoms with van der Waals surface area (Å²) in [5.41, 5.74) is 1.78. The highest BCUT2D eigenvalue weighted by molar-refractivity contribution is 9.11. The van der Waals surface area contributed by atoms with E-state index < -0.39 is 5.97 Å². The molecule has 3 rings (SSSR count). The van der Waals surface area contributed by atoms with Gasteiger partial charge in [0.05, 0.1) is 15.6 Å². The van der Waals surface area contributed by atoms with Crippen LogP contribution in [0.3, 0.4) is 0 Å². The normalized spacial score (nSPS) is 15.3. The predicted molar refractivity (Wildman–Crippen MR) is 108 cm³/mol. The Bertz CT molecular complexity index is 883. The van der Waals surface area contributed by atoms with Crippen LogP contribution in [-0.2, 0) is 9.53 Å². The summed E-state index contributed by atoms with van der Waals surface area (Å²) in [5, 5.41) is 0. The molecule has 0 saturated carbocycles. The fourth-order valence-corrected chi connectivity index (χ4v) is 4.11. The lowest BCUT2D eigenvalue weighted by molar-refractivity contribution is -0.129. The molecule has 0 spiro atoms. The van der Waals surface area contributed by atoms with Crippen molar-refractivity contribution in [2.45, 2.75) is 6.92 Å². The molecular weight excluding hydrogens is 518 g/mol. The molecule has 7 heteroatoms. The van der Waals surface area contributed by atoms with E-state index in [1.807, 2.05) is 43.3 Å². The Morgan fingerprint density at radius 1 is 1.16 bits per heavy atom. The minimum absolute atomic E-state index is 0.248. The van der Waals surface area contributed by atoms with E-state index in [9.17, 15) is 4.79 Å². The van der Waals surface area contributed by atoms with E-state index in [4.69, 9.17) is 9.47 Å². The number of ether oxygens (including phenoxy) is 2. The first-order valence-corrected chi connectivity index (χ1v) is 9.76. The van der Waals surface area contributed by atoms with Gasteiger partial charge in [-0.2, -0.15) is 0 Å². The molecule has 1 aliphatic rings. The molecule has 2 aromatic carbocycles. The number of cyclic esters (lactones) is 1. The maximum absolute atomic E-state index is 12.1. The third-order valence-corrected chi connectivity index (χ3v) is 4.98. The SMILES string of the molecule is CCOc1c(Br)cc(/C=C2\N=C(c3cccc(Br)c3)OC2=O)cc1Br. The van der Waals surface area contributed by atoms with E-state index in [1.54, 1.807) is 6.08 Å². The minimum atomic E-state index is -0.476. The van der Waals surface area contributed by atoms with E-state index >= 15 is 0 Å². The van der Waals surface area contributed by atoms with Crippen LogP contribution in [0.5, 0.6) is 5.75 Å². The Morgan fingerprint density at radius 2 is 1.88 bits per heavy atom. The van der Waals surface area contributed by atoms with Crippen LogP contribution in [0.15, 0.2) is 60.5 Å². The summed E-state index contributed by atoms with van der Waals surface area (Å²) >= 11 is 10.4. The molecule has 1 aliphatic heterocycles. The zero-order valence-corrected chi connectivity index (χ0v) is 17.8. The number of rotatable bonds is 4. The maximum Gasteiger partial charge on any atom is 0.363 e. The van der Waals surface area contributed by atoms with Gasteiger partial charge in [-0.25, -0.2) is 9.79 Å². The van der Waals surface area contributed by atoms with Crippen LogP contribution in [0.2, 0.25) is 0 Å². The van der Waals surface area contributed by atoms with Crippen LogP contribution in [0.4, 0.5) is 0 Å². The number of benzene rings is 2. The number of esters is 1. The molecule has 0 saturated heterocycles. The van der Waals surface area contributed by atoms with Gasteiger partial charge in [-0.05, 0) is 80.8 Å². The van der Waals surface area contributed by atoms with E-state index in [-0.39, 0.29) is 5.70 Å². The maximum atomic E-state index is 12.1. The second-order valence-corrected chi connectivity index (χ2v) is 7.72. The van der Waals surface area contributed by atoms with Crippen molar-refractivity contribution in [3.8, 4) is 5.75 Å². The first-order valence-electron chi connectivity index (χ1n) is 7.38. The summed E-state index contributed by atoms with van der Waals surface area (Å²) in [6.45, 7) is 2.48. The van der Waals surface area contributed by atoms with Gasteiger partial charge in [-0.3, -0.25) is 0 Å². The number of aliphatic imine (C=N–C) groups is 1. The van der Waals surface area contributed by atoms with Crippen LogP contribution in [0.1, 0.15) is 18.1 Å². The van der Waals surface area contributed by atoms with Gasteiger partial charge in [0.2, 0.25) is 5.90 Å². The third kappa shape index (κ3) is 4.22. The Kier molecular flexibility index (Phi) is 5.76. The number of hydrogen-bond donors (Lipinski definition) is 0. The fourth-order valence-electron chi connectivity index (χ4n) is 2.26. The zero-order chi connectivity index (χ0) is 18.0. The van der Waals surface area contributed by atoms with Gasteiger partial charge < -0.3 is 9.47 Å². The summed E-state index contributed by atoms with van der Waals surface area (Å²) in [6.07, 6.45) is 1.68. The summed E-state index contributed by atoms with van der Waals surface area (Å²) < 4.78 is 13.3. The number of carbonyl (C=O) groups excluding carboxylic acids is 1. The summed E-state index contributed by atoms with van der Waals surface area (Å²) in [6, 6.07) is 11.2. The predicted octanol–water partition coefficient (Wildman–Crippen LogP) is 5.72. The van der Waals surface area contributed by atoms with Gasteiger partial charge >= 0.3 is 5.97 Å². The van der Waals surface area contributed by atoms with Gasteiger partial charge in [-0.15, -0.1) is 0 Å². The molecule has 0 bridgehead atoms. The third-order valence-electron chi connectivity index (χ3n) is 3.30. The molecule has 0 aliphatic carbocycles. The van der Waals surface area contributed by atoms with Crippen molar-refractivity contribution in [2.75, 3.05) is 6.61 Å². The standard InChI is InChI=1S/C18H12Br3NO3/c1-2-24-16-13(20)6-10(7-14(16)21)8-15-18(23)25-17(22-15)11-4-3-5-12(19)9-11/h3-9H,2H2,1H3/b15-8-. The summed E-state index contributed by atoms with van der Waals surface area (Å²) in [5.74, 6) is 0.537. The van der Waals surface area contributed by atoms with Gasteiger partial charge in [0, 0.05) is 10.0 Å². The quantitative estimate of drug-likeness (QED) is 0.376. The molecule has 0 atom stereocenters. The molecule has 0 unspecified atom stereocenters. The van der Waals surface area contributed by atoms with Crippen molar-refractivity contribution in [3.63, 3.8) is 0 Å². The number of nitrogens with zero attached hydrogens (tertiary/aromatic N) is 1. The van der Waals surface area contributed by atoms with Gasteiger partial charge in [-0.1, -0.05) is 22.0 Å². The topological polar surface area (TPSA) is 47.9 Å². The van der Waals surface area contributed by atoms with Crippen molar-refractivity contribution in [3.05, 3.63) is 66.6 Å². The number of hydrogen-bond acceptors (Lipinski definition) is 4. The molecule has 0 radical (unpaired) electrons. The van der Waals surface area contributed by atoms with E-state index in [2.05, 4.69) is 52.8 Å². The summed E-state index contributed by atoms with van der Waals surface area (Å²) in [7, 11) is 0. The van der Waals surface area contributed by atoms with Crippen LogP contribution in [-0.4, -0.2) is 18.5 Å². The number of carbonyl (C=O) groups is 1. The first-order chi connectivity index (χ1) is 12.0. The molecule has 0 aromatic heterocycles. The van der Waals surface area contributed by atoms with Crippen molar-refractivity contribution < 1.29 is 14.3 Å². The Labute approximate surface area is 170 Å². The second-order valence-electron chi connectivity index (χ2n) is 5.09. The molecule has 25 heavy (non-hydrogen) atoms. The highest BCUT2D eigenvalue weighted by Gasteiger charge is 2.24. The molecule has 0 amide bonds. The van der Waals surface area contributed by atoms with Crippen LogP contribution in [0.25, 0.3) is 6.08 Å². The Balaban J connectivity index is 1.94. The lowest BCUT2D eigenvalue weighted by Crippen LogP contribution is -2.05. The lowest BCUT2D eigenvalue weighted by Gasteiger charge is -2.09. The highest BCUT2D eigenvalue weighted by atomic mass is 79.9. The van der Waals surface area contributed by atoms with Crippen LogP contribution >= 0.6 is 47.8 Å². The van der Waals surface area contributed by atoms with E-state index in [0.29, 0.717) is 12.5 Å². The zero-order valence-electron chi connectivity index (χ0n) is 13.1. The van der Waals surface area contributed by atoms with Crippen molar-refractivity contribution in [1.82, 2.24) is 0 Å². The molecule has 0 N–H and O–H groups in total. The van der Waals surface area contributed by atoms with Gasteiger partial charge in [0.15, 0.2) is 5.70 Å². The first kappa shape index (κ1) is 18.4. The molecule has 0 fully saturated rings. The molecular formula is C18H12Br3NO3. The fraction of sp³-hybridized carbons (Fsp3) is 0.111.